The number of nitrogens with two attached hydrogens (primary N) is 1. The van der Waals surface area contributed by atoms with Crippen molar-refractivity contribution in [1.29, 1.82) is 0 Å². The van der Waals surface area contributed by atoms with Crippen LogP contribution in [0.1, 0.15) is 30.0 Å². The minimum Gasteiger partial charge on any atom is -0.351 e. The fraction of sp³-hybridized carbons (Fsp3) is 0.429. The Labute approximate surface area is 97.8 Å². The van der Waals surface area contributed by atoms with E-state index in [9.17, 15) is 0 Å². The third-order valence-electron chi connectivity index (χ3n) is 3.29. The summed E-state index contributed by atoms with van der Waals surface area (Å²) in [5, 5.41) is 0. The smallest absolute Gasteiger partial charge is 0.0409 e. The van der Waals surface area contributed by atoms with E-state index in [-0.39, 0.29) is 0 Å². The summed E-state index contributed by atoms with van der Waals surface area (Å²) in [4.78, 5) is 2.15. The highest BCUT2D eigenvalue weighted by Crippen LogP contribution is 2.30. The van der Waals surface area contributed by atoms with Gasteiger partial charge in [-0.25, -0.2) is 0 Å². The molecule has 2 rings (SSSR count). The Morgan fingerprint density at radius 2 is 2.19 bits per heavy atom. The summed E-state index contributed by atoms with van der Waals surface area (Å²) in [6, 6.07) is 4.53. The predicted octanol–water partition coefficient (Wildman–Crippen LogP) is 2.60. The van der Waals surface area contributed by atoms with Crippen LogP contribution in [0.4, 0.5) is 5.69 Å². The van der Waals surface area contributed by atoms with E-state index in [0.717, 1.165) is 0 Å². The Kier molecular flexibility index (Phi) is 3.30. The molecule has 16 heavy (non-hydrogen) atoms. The predicted molar refractivity (Wildman–Crippen MR) is 69.6 cm³/mol. The Bertz CT molecular complexity index is 407. The minimum atomic E-state index is 0.653. The van der Waals surface area contributed by atoms with Crippen molar-refractivity contribution in [2.75, 3.05) is 11.9 Å². The molecule has 1 aliphatic carbocycles. The SMILES string of the molecule is C/C=C\N(C)c1cc(CN)c2c(c1)CCC2. The molecular weight excluding hydrogens is 196 g/mol. The summed E-state index contributed by atoms with van der Waals surface area (Å²) < 4.78 is 0. The molecule has 2 heteroatoms. The number of hydrogen-bond donors (Lipinski definition) is 1. The average Bonchev–Trinajstić information content (AvgIpc) is 2.75. The fourth-order valence-corrected chi connectivity index (χ4v) is 2.47. The first-order chi connectivity index (χ1) is 7.76. The molecule has 0 atom stereocenters. The van der Waals surface area contributed by atoms with E-state index in [1.807, 2.05) is 6.92 Å². The zero-order chi connectivity index (χ0) is 11.5. The zero-order valence-electron chi connectivity index (χ0n) is 10.2. The Morgan fingerprint density at radius 3 is 2.88 bits per heavy atom. The van der Waals surface area contributed by atoms with Gasteiger partial charge in [0.1, 0.15) is 0 Å². The summed E-state index contributed by atoms with van der Waals surface area (Å²) in [6.45, 7) is 2.69. The van der Waals surface area contributed by atoms with Gasteiger partial charge in [-0.3, -0.25) is 0 Å². The Balaban J connectivity index is 2.41. The molecule has 86 valence electrons. The topological polar surface area (TPSA) is 29.3 Å². The van der Waals surface area contributed by atoms with Crippen molar-refractivity contribution in [2.24, 2.45) is 5.73 Å². The number of aryl methyl sites for hydroxylation is 1. The number of nitrogens with zero attached hydrogens (tertiary/aromatic N) is 1. The minimum absolute atomic E-state index is 0.653. The van der Waals surface area contributed by atoms with E-state index in [1.165, 1.54) is 41.6 Å². The van der Waals surface area contributed by atoms with Gasteiger partial charge in [0.15, 0.2) is 0 Å². The molecule has 1 aliphatic rings. The summed E-state index contributed by atoms with van der Waals surface area (Å²) in [5.41, 5.74) is 11.4. The molecule has 0 heterocycles. The summed E-state index contributed by atoms with van der Waals surface area (Å²) in [6.07, 6.45) is 7.82. The first-order valence-electron chi connectivity index (χ1n) is 5.96. The number of allylic oxidation sites excluding steroid dienone is 1. The maximum Gasteiger partial charge on any atom is 0.0409 e. The van der Waals surface area contributed by atoms with E-state index in [0.29, 0.717) is 6.54 Å². The van der Waals surface area contributed by atoms with Crippen LogP contribution in [-0.4, -0.2) is 7.05 Å². The summed E-state index contributed by atoms with van der Waals surface area (Å²) in [5.74, 6) is 0. The first-order valence-corrected chi connectivity index (χ1v) is 5.96. The van der Waals surface area contributed by atoms with E-state index in [1.54, 1.807) is 0 Å². The van der Waals surface area contributed by atoms with Crippen LogP contribution in [0.25, 0.3) is 0 Å². The molecule has 0 unspecified atom stereocenters. The first kappa shape index (κ1) is 11.2. The highest BCUT2D eigenvalue weighted by Gasteiger charge is 2.16. The third kappa shape index (κ3) is 1.98. The van der Waals surface area contributed by atoms with Gasteiger partial charge in [-0.2, -0.15) is 0 Å². The molecule has 1 aromatic rings. The molecule has 0 amide bonds. The second-order valence-electron chi connectivity index (χ2n) is 4.39. The molecule has 2 N–H and O–H groups in total. The summed E-state index contributed by atoms with van der Waals surface area (Å²) >= 11 is 0. The van der Waals surface area contributed by atoms with Crippen LogP contribution in [0.2, 0.25) is 0 Å². The van der Waals surface area contributed by atoms with Crippen LogP contribution >= 0.6 is 0 Å². The highest BCUT2D eigenvalue weighted by molar-refractivity contribution is 5.57. The van der Waals surface area contributed by atoms with Crippen molar-refractivity contribution in [1.82, 2.24) is 0 Å². The number of benzene rings is 1. The Hall–Kier alpha value is -1.28. The lowest BCUT2D eigenvalue weighted by molar-refractivity contribution is 0.903. The number of rotatable bonds is 3. The monoisotopic (exact) mass is 216 g/mol. The lowest BCUT2D eigenvalue weighted by Gasteiger charge is -2.17. The molecule has 0 radical (unpaired) electrons. The van der Waals surface area contributed by atoms with Gasteiger partial charge in [0, 0.05) is 19.3 Å². The highest BCUT2D eigenvalue weighted by atomic mass is 15.1. The zero-order valence-corrected chi connectivity index (χ0v) is 10.2. The molecule has 0 saturated carbocycles. The number of anilines is 1. The van der Waals surface area contributed by atoms with E-state index in [2.05, 4.69) is 36.4 Å². The molecule has 0 spiro atoms. The molecule has 0 fully saturated rings. The molecular formula is C14H20N2. The van der Waals surface area contributed by atoms with Gasteiger partial charge in [-0.1, -0.05) is 6.08 Å². The number of hydrogen-bond acceptors (Lipinski definition) is 2. The van der Waals surface area contributed by atoms with Gasteiger partial charge in [0.2, 0.25) is 0 Å². The second-order valence-corrected chi connectivity index (χ2v) is 4.39. The van der Waals surface area contributed by atoms with E-state index in [4.69, 9.17) is 5.73 Å². The van der Waals surface area contributed by atoms with Crippen molar-refractivity contribution in [3.63, 3.8) is 0 Å². The van der Waals surface area contributed by atoms with Crippen molar-refractivity contribution in [2.45, 2.75) is 32.7 Å². The molecule has 2 nitrogen and oxygen atoms in total. The lowest BCUT2D eigenvalue weighted by Crippen LogP contribution is -2.10. The quantitative estimate of drug-likeness (QED) is 0.841. The van der Waals surface area contributed by atoms with Gasteiger partial charge in [0.25, 0.3) is 0 Å². The average molecular weight is 216 g/mol. The molecule has 1 aromatic carbocycles. The van der Waals surface area contributed by atoms with Gasteiger partial charge in [-0.05, 0) is 61.2 Å². The van der Waals surface area contributed by atoms with Crippen LogP contribution in [0.5, 0.6) is 0 Å². The third-order valence-corrected chi connectivity index (χ3v) is 3.29. The van der Waals surface area contributed by atoms with Crippen molar-refractivity contribution in [3.8, 4) is 0 Å². The maximum absolute atomic E-state index is 5.83. The molecule has 0 saturated heterocycles. The molecule has 0 aromatic heterocycles. The molecule has 0 aliphatic heterocycles. The van der Waals surface area contributed by atoms with Crippen LogP contribution in [-0.2, 0) is 19.4 Å². The van der Waals surface area contributed by atoms with E-state index >= 15 is 0 Å². The maximum atomic E-state index is 5.83. The van der Waals surface area contributed by atoms with Gasteiger partial charge < -0.3 is 10.6 Å². The van der Waals surface area contributed by atoms with Crippen molar-refractivity contribution < 1.29 is 0 Å². The number of fused-ring (bicyclic) bond motifs is 1. The van der Waals surface area contributed by atoms with E-state index < -0.39 is 0 Å². The van der Waals surface area contributed by atoms with Gasteiger partial charge >= 0.3 is 0 Å². The van der Waals surface area contributed by atoms with Crippen LogP contribution in [0, 0.1) is 0 Å². The second kappa shape index (κ2) is 4.71. The van der Waals surface area contributed by atoms with Crippen molar-refractivity contribution >= 4 is 5.69 Å². The van der Waals surface area contributed by atoms with Crippen LogP contribution < -0.4 is 10.6 Å². The van der Waals surface area contributed by atoms with Gasteiger partial charge in [-0.15, -0.1) is 0 Å². The lowest BCUT2D eigenvalue weighted by atomic mass is 10.0. The Morgan fingerprint density at radius 1 is 1.38 bits per heavy atom. The summed E-state index contributed by atoms with van der Waals surface area (Å²) in [7, 11) is 2.08. The fourth-order valence-electron chi connectivity index (χ4n) is 2.47. The van der Waals surface area contributed by atoms with Crippen LogP contribution in [0.15, 0.2) is 24.4 Å². The molecule has 0 bridgehead atoms. The normalized spacial score (nSPS) is 14.4. The standard InChI is InChI=1S/C14H20N2/c1-3-7-16(2)13-8-11-5-4-6-14(11)12(9-13)10-15/h3,7-9H,4-6,10,15H2,1-2H3/b7-3-. The van der Waals surface area contributed by atoms with Crippen molar-refractivity contribution in [3.05, 3.63) is 41.1 Å². The van der Waals surface area contributed by atoms with Gasteiger partial charge in [0.05, 0.1) is 0 Å². The largest absolute Gasteiger partial charge is 0.351 e. The van der Waals surface area contributed by atoms with Crippen LogP contribution in [0.3, 0.4) is 0 Å².